The SMILES string of the molecule is Cc1ccc(-c2csc3nc(SCc4nc(-c5ccco5)no4)n(C)c(=O)c23)cc1C. The monoisotopic (exact) mass is 450 g/mol. The van der Waals surface area contributed by atoms with E-state index in [4.69, 9.17) is 13.9 Å². The lowest BCUT2D eigenvalue weighted by molar-refractivity contribution is 0.390. The van der Waals surface area contributed by atoms with Crippen LogP contribution in [0, 0.1) is 13.8 Å². The molecule has 4 aromatic heterocycles. The second kappa shape index (κ2) is 7.82. The van der Waals surface area contributed by atoms with Gasteiger partial charge in [-0.25, -0.2) is 4.98 Å². The van der Waals surface area contributed by atoms with Gasteiger partial charge in [-0.15, -0.1) is 11.3 Å². The third-order valence-electron chi connectivity index (χ3n) is 5.13. The minimum Gasteiger partial charge on any atom is -0.461 e. The number of hydrogen-bond acceptors (Lipinski definition) is 8. The average Bonchev–Trinajstić information content (AvgIpc) is 3.51. The summed E-state index contributed by atoms with van der Waals surface area (Å²) in [4.78, 5) is 23.0. The van der Waals surface area contributed by atoms with E-state index in [1.807, 2.05) is 5.38 Å². The van der Waals surface area contributed by atoms with Gasteiger partial charge < -0.3 is 8.94 Å². The third kappa shape index (κ3) is 3.60. The second-order valence-corrected chi connectivity index (χ2v) is 8.97. The van der Waals surface area contributed by atoms with Crippen LogP contribution in [-0.4, -0.2) is 19.7 Å². The fraction of sp³-hybridized carbons (Fsp3) is 0.182. The number of thioether (sulfide) groups is 1. The van der Waals surface area contributed by atoms with E-state index < -0.39 is 0 Å². The third-order valence-corrected chi connectivity index (χ3v) is 7.01. The Morgan fingerprint density at radius 3 is 2.81 bits per heavy atom. The molecule has 5 rings (SSSR count). The number of benzene rings is 1. The fourth-order valence-electron chi connectivity index (χ4n) is 3.25. The molecular weight excluding hydrogens is 432 g/mol. The van der Waals surface area contributed by atoms with E-state index in [9.17, 15) is 4.79 Å². The predicted octanol–water partition coefficient (Wildman–Crippen LogP) is 5.21. The van der Waals surface area contributed by atoms with Gasteiger partial charge in [0, 0.05) is 18.0 Å². The van der Waals surface area contributed by atoms with E-state index >= 15 is 0 Å². The first-order chi connectivity index (χ1) is 15.0. The van der Waals surface area contributed by atoms with Crippen molar-refractivity contribution in [1.82, 2.24) is 19.7 Å². The Labute approximate surface area is 185 Å². The number of nitrogens with zero attached hydrogens (tertiary/aromatic N) is 4. The summed E-state index contributed by atoms with van der Waals surface area (Å²) in [6.07, 6.45) is 1.56. The van der Waals surface area contributed by atoms with Crippen LogP contribution in [0.1, 0.15) is 17.0 Å². The van der Waals surface area contributed by atoms with Crippen molar-refractivity contribution in [2.45, 2.75) is 24.8 Å². The summed E-state index contributed by atoms with van der Waals surface area (Å²) >= 11 is 2.86. The van der Waals surface area contributed by atoms with Gasteiger partial charge in [0.2, 0.25) is 11.7 Å². The number of fused-ring (bicyclic) bond motifs is 1. The lowest BCUT2D eigenvalue weighted by atomic mass is 10.0. The topological polar surface area (TPSA) is 86.9 Å². The molecule has 5 aromatic rings. The first kappa shape index (κ1) is 19.8. The molecule has 0 amide bonds. The number of furan rings is 1. The molecule has 0 radical (unpaired) electrons. The first-order valence-corrected chi connectivity index (χ1v) is 11.4. The molecule has 31 heavy (non-hydrogen) atoms. The zero-order chi connectivity index (χ0) is 21.5. The Morgan fingerprint density at radius 1 is 1.16 bits per heavy atom. The Balaban J connectivity index is 1.45. The Bertz CT molecular complexity index is 1450. The molecule has 7 nitrogen and oxygen atoms in total. The quantitative estimate of drug-likeness (QED) is 0.268. The van der Waals surface area contributed by atoms with Crippen LogP contribution in [0.5, 0.6) is 0 Å². The van der Waals surface area contributed by atoms with Gasteiger partial charge in [-0.3, -0.25) is 9.36 Å². The van der Waals surface area contributed by atoms with Crippen molar-refractivity contribution in [3.63, 3.8) is 0 Å². The van der Waals surface area contributed by atoms with Gasteiger partial charge in [0.1, 0.15) is 4.83 Å². The lowest BCUT2D eigenvalue weighted by Crippen LogP contribution is -2.19. The normalized spacial score (nSPS) is 11.5. The molecule has 0 bridgehead atoms. The van der Waals surface area contributed by atoms with Crippen LogP contribution in [0.4, 0.5) is 0 Å². The van der Waals surface area contributed by atoms with Crippen LogP contribution in [0.3, 0.4) is 0 Å². The number of aryl methyl sites for hydroxylation is 2. The molecular formula is C22H18N4O3S2. The van der Waals surface area contributed by atoms with E-state index in [1.54, 1.807) is 30.0 Å². The van der Waals surface area contributed by atoms with E-state index in [2.05, 4.69) is 42.2 Å². The summed E-state index contributed by atoms with van der Waals surface area (Å²) < 4.78 is 12.2. The second-order valence-electron chi connectivity index (χ2n) is 7.16. The molecule has 0 aliphatic heterocycles. The lowest BCUT2D eigenvalue weighted by Gasteiger charge is -2.08. The van der Waals surface area contributed by atoms with E-state index in [0.29, 0.717) is 33.8 Å². The van der Waals surface area contributed by atoms with Crippen molar-refractivity contribution in [2.75, 3.05) is 0 Å². The van der Waals surface area contributed by atoms with Gasteiger partial charge in [-0.1, -0.05) is 35.1 Å². The summed E-state index contributed by atoms with van der Waals surface area (Å²) in [6, 6.07) is 9.79. The van der Waals surface area contributed by atoms with Crippen molar-refractivity contribution < 1.29 is 8.94 Å². The zero-order valence-corrected chi connectivity index (χ0v) is 18.7. The number of rotatable bonds is 5. The summed E-state index contributed by atoms with van der Waals surface area (Å²) in [6.45, 7) is 4.16. The highest BCUT2D eigenvalue weighted by Crippen LogP contribution is 2.33. The van der Waals surface area contributed by atoms with Crippen LogP contribution >= 0.6 is 23.1 Å². The zero-order valence-electron chi connectivity index (χ0n) is 17.1. The molecule has 4 heterocycles. The molecule has 1 aromatic carbocycles. The van der Waals surface area contributed by atoms with Gasteiger partial charge >= 0.3 is 0 Å². The molecule has 0 fully saturated rings. The standard InChI is InChI=1S/C22H18N4O3S2/c1-12-6-7-14(9-13(12)2)15-10-30-20-18(15)21(27)26(3)22(24-20)31-11-17-23-19(25-29-17)16-5-4-8-28-16/h4-10H,11H2,1-3H3. The highest BCUT2D eigenvalue weighted by Gasteiger charge is 2.17. The Kier molecular flexibility index (Phi) is 4.99. The maximum atomic E-state index is 13.2. The molecule has 0 aliphatic carbocycles. The molecule has 0 unspecified atom stereocenters. The smallest absolute Gasteiger partial charge is 0.263 e. The average molecular weight is 451 g/mol. The molecule has 0 saturated heterocycles. The van der Waals surface area contributed by atoms with E-state index in [-0.39, 0.29) is 5.56 Å². The number of hydrogen-bond donors (Lipinski definition) is 0. The van der Waals surface area contributed by atoms with Crippen LogP contribution in [-0.2, 0) is 12.8 Å². The van der Waals surface area contributed by atoms with Gasteiger partial charge in [-0.2, -0.15) is 4.98 Å². The number of thiophene rings is 1. The van der Waals surface area contributed by atoms with Crippen LogP contribution in [0.15, 0.2) is 60.9 Å². The van der Waals surface area contributed by atoms with Gasteiger partial charge in [0.05, 0.1) is 17.4 Å². The summed E-state index contributed by atoms with van der Waals surface area (Å²) in [5.74, 6) is 1.78. The molecule has 9 heteroatoms. The molecule has 0 saturated carbocycles. The first-order valence-electron chi connectivity index (χ1n) is 9.56. The van der Waals surface area contributed by atoms with Crippen molar-refractivity contribution >= 4 is 33.3 Å². The highest BCUT2D eigenvalue weighted by molar-refractivity contribution is 7.98. The minimum atomic E-state index is -0.0659. The minimum absolute atomic E-state index is 0.0659. The summed E-state index contributed by atoms with van der Waals surface area (Å²) in [7, 11) is 1.74. The van der Waals surface area contributed by atoms with Gasteiger partial charge in [0.15, 0.2) is 10.9 Å². The summed E-state index contributed by atoms with van der Waals surface area (Å²) in [5, 5.41) is 7.19. The largest absolute Gasteiger partial charge is 0.461 e. The van der Waals surface area contributed by atoms with Gasteiger partial charge in [-0.05, 0) is 42.7 Å². The summed E-state index contributed by atoms with van der Waals surface area (Å²) in [5.41, 5.74) is 4.31. The van der Waals surface area contributed by atoms with E-state index in [1.165, 1.54) is 34.2 Å². The molecule has 156 valence electrons. The van der Waals surface area contributed by atoms with Crippen molar-refractivity contribution in [2.24, 2.45) is 7.05 Å². The van der Waals surface area contributed by atoms with Crippen LogP contribution in [0.25, 0.3) is 32.9 Å². The van der Waals surface area contributed by atoms with Crippen molar-refractivity contribution in [3.8, 4) is 22.7 Å². The molecule has 0 atom stereocenters. The van der Waals surface area contributed by atoms with Crippen molar-refractivity contribution in [1.29, 1.82) is 0 Å². The van der Waals surface area contributed by atoms with Crippen LogP contribution in [0.2, 0.25) is 0 Å². The van der Waals surface area contributed by atoms with E-state index in [0.717, 1.165) is 16.0 Å². The van der Waals surface area contributed by atoms with Crippen LogP contribution < -0.4 is 5.56 Å². The van der Waals surface area contributed by atoms with Gasteiger partial charge in [0.25, 0.3) is 5.56 Å². The van der Waals surface area contributed by atoms with Crippen molar-refractivity contribution in [3.05, 3.63) is 69.3 Å². The maximum absolute atomic E-state index is 13.2. The Hall–Kier alpha value is -3.17. The molecule has 0 aliphatic rings. The predicted molar refractivity (Wildman–Crippen MR) is 121 cm³/mol. The molecule has 0 N–H and O–H groups in total. The highest BCUT2D eigenvalue weighted by atomic mass is 32.2. The maximum Gasteiger partial charge on any atom is 0.263 e. The Morgan fingerprint density at radius 2 is 2.03 bits per heavy atom. The molecule has 0 spiro atoms. The fourth-order valence-corrected chi connectivity index (χ4v) is 5.05. The number of aromatic nitrogens is 4.